The van der Waals surface area contributed by atoms with Crippen LogP contribution in [0.2, 0.25) is 0 Å². The minimum atomic E-state index is -1.46. The van der Waals surface area contributed by atoms with E-state index >= 15 is 9.59 Å². The van der Waals surface area contributed by atoms with Crippen molar-refractivity contribution in [2.45, 2.75) is 63.6 Å². The predicted octanol–water partition coefficient (Wildman–Crippen LogP) is 10.7. The lowest BCUT2D eigenvalue weighted by Crippen LogP contribution is -2.58. The van der Waals surface area contributed by atoms with Gasteiger partial charge in [-0.05, 0) is 82.1 Å². The Kier molecular flexibility index (Phi) is 13.7. The average molecular weight is 872 g/mol. The van der Waals surface area contributed by atoms with E-state index in [1.165, 1.54) is 4.90 Å². The summed E-state index contributed by atoms with van der Waals surface area (Å²) in [5.74, 6) is -1.44. The molecule has 0 spiro atoms. The van der Waals surface area contributed by atoms with Gasteiger partial charge in [-0.25, -0.2) is 4.79 Å². The van der Waals surface area contributed by atoms with Gasteiger partial charge in [0.15, 0.2) is 6.29 Å². The Hall–Kier alpha value is -6.59. The first kappa shape index (κ1) is 44.0. The van der Waals surface area contributed by atoms with E-state index in [1.807, 2.05) is 190 Å². The normalized spacial score (nSPS) is 13.2. The third kappa shape index (κ3) is 8.82. The number of ether oxygens (including phenoxy) is 2. The van der Waals surface area contributed by atoms with Crippen LogP contribution >= 0.6 is 11.3 Å². The summed E-state index contributed by atoms with van der Waals surface area (Å²) >= 11 is 1.58. The maximum atomic E-state index is 15.9. The first-order chi connectivity index (χ1) is 31.2. The number of carbonyl (C=O) groups excluding carboxylic acids is 2. The number of amides is 3. The van der Waals surface area contributed by atoms with Crippen LogP contribution in [0.15, 0.2) is 169 Å². The van der Waals surface area contributed by atoms with Gasteiger partial charge >= 0.3 is 6.09 Å². The molecule has 1 aromatic heterocycles. The Morgan fingerprint density at radius 1 is 0.672 bits per heavy atom. The van der Waals surface area contributed by atoms with Crippen molar-refractivity contribution in [2.24, 2.45) is 0 Å². The van der Waals surface area contributed by atoms with E-state index in [0.717, 1.165) is 54.6 Å². The molecule has 0 saturated heterocycles. The lowest BCUT2D eigenvalue weighted by atomic mass is 9.77. The van der Waals surface area contributed by atoms with Gasteiger partial charge in [0.2, 0.25) is 11.8 Å². The van der Waals surface area contributed by atoms with Gasteiger partial charge in [-0.15, -0.1) is 11.3 Å². The Bertz CT molecular complexity index is 2540. The Morgan fingerprint density at radius 3 is 1.67 bits per heavy atom. The number of nitrogens with zero attached hydrogens (tertiary/aromatic N) is 2. The van der Waals surface area contributed by atoms with Gasteiger partial charge in [-0.1, -0.05) is 158 Å². The van der Waals surface area contributed by atoms with Gasteiger partial charge in [0.05, 0.1) is 12.5 Å². The predicted molar refractivity (Wildman–Crippen MR) is 253 cm³/mol. The number of carbonyl (C=O) groups is 3. The molecule has 10 heteroatoms. The standard InChI is InChI=1S/C54H53N3O6S/c1-4-62-52(63-5-2)37(3)56(34-38-36-64-49-32-20-19-27-42(38)49)51(59)48(57(53(60)61)35-47-45-30-17-15-28-43(45)44-29-16-18-31-46(44)47)33-50(58)55-54(39-21-9-6-10-22-39,40-23-11-7-12-24-40)41-25-13-8-14-26-41/h6-32,36-37,47-48,52H,4-5,33-35H2,1-3H3,(H,55,58)(H,60,61)/t37-,48-/m0/s1. The molecule has 1 aliphatic rings. The molecule has 0 radical (unpaired) electrons. The number of thiophene rings is 1. The lowest BCUT2D eigenvalue weighted by molar-refractivity contribution is -0.181. The molecule has 1 aliphatic carbocycles. The molecule has 6 aromatic carbocycles. The summed E-state index contributed by atoms with van der Waals surface area (Å²) in [6.45, 7) is 6.30. The molecule has 0 aliphatic heterocycles. The Morgan fingerprint density at radius 2 is 1.16 bits per heavy atom. The van der Waals surface area contributed by atoms with Crippen molar-refractivity contribution in [3.8, 4) is 11.1 Å². The first-order valence-electron chi connectivity index (χ1n) is 21.9. The van der Waals surface area contributed by atoms with Gasteiger partial charge in [-0.2, -0.15) is 0 Å². The number of rotatable bonds is 18. The fraction of sp³-hybridized carbons (Fsp3) is 0.241. The van der Waals surface area contributed by atoms with Crippen LogP contribution in [0, 0.1) is 0 Å². The number of hydrogen-bond donors (Lipinski definition) is 2. The second kappa shape index (κ2) is 19.8. The SMILES string of the molecule is CCOC(OCC)[C@H](C)N(Cc1csc2ccccc12)C(=O)[C@H](CC(=O)NC(c1ccccc1)(c1ccccc1)c1ccccc1)N(CC1c2ccccc2-c2ccccc21)C(=O)O. The van der Waals surface area contributed by atoms with Gasteiger partial charge in [-0.3, -0.25) is 14.5 Å². The van der Waals surface area contributed by atoms with E-state index in [4.69, 9.17) is 9.47 Å². The summed E-state index contributed by atoms with van der Waals surface area (Å²) in [5.41, 5.74) is 6.05. The molecule has 0 saturated carbocycles. The zero-order chi connectivity index (χ0) is 44.6. The third-order valence-corrected chi connectivity index (χ3v) is 13.3. The number of carboxylic acid groups (broad SMARTS) is 1. The molecule has 0 bridgehead atoms. The van der Waals surface area contributed by atoms with Crippen molar-refractivity contribution >= 4 is 39.3 Å². The molecule has 1 heterocycles. The van der Waals surface area contributed by atoms with Crippen LogP contribution in [0.4, 0.5) is 4.79 Å². The molecule has 9 nitrogen and oxygen atoms in total. The summed E-state index contributed by atoms with van der Waals surface area (Å²) in [7, 11) is 0. The molecule has 0 unspecified atom stereocenters. The average Bonchev–Trinajstić information content (AvgIpc) is 3.89. The smallest absolute Gasteiger partial charge is 0.408 e. The molecular formula is C54H53N3O6S. The van der Waals surface area contributed by atoms with E-state index in [9.17, 15) is 9.90 Å². The topological polar surface area (TPSA) is 108 Å². The summed E-state index contributed by atoms with van der Waals surface area (Å²) in [4.78, 5) is 48.1. The largest absolute Gasteiger partial charge is 0.465 e. The zero-order valence-electron chi connectivity index (χ0n) is 36.3. The third-order valence-electron chi connectivity index (χ3n) is 12.3. The molecule has 0 fully saturated rings. The highest BCUT2D eigenvalue weighted by molar-refractivity contribution is 7.17. The quantitative estimate of drug-likeness (QED) is 0.0657. The molecule has 3 amide bonds. The summed E-state index contributed by atoms with van der Waals surface area (Å²) < 4.78 is 13.3. The van der Waals surface area contributed by atoms with Crippen LogP contribution in [0.1, 0.15) is 66.5 Å². The lowest BCUT2D eigenvalue weighted by Gasteiger charge is -2.40. The Labute approximate surface area is 378 Å². The second-order valence-corrected chi connectivity index (χ2v) is 16.9. The van der Waals surface area contributed by atoms with Crippen LogP contribution in [0.3, 0.4) is 0 Å². The van der Waals surface area contributed by atoms with Gasteiger partial charge in [0.1, 0.15) is 11.6 Å². The monoisotopic (exact) mass is 871 g/mol. The van der Waals surface area contributed by atoms with E-state index in [-0.39, 0.29) is 13.1 Å². The fourth-order valence-electron chi connectivity index (χ4n) is 9.29. The molecule has 7 aromatic rings. The number of hydrogen-bond acceptors (Lipinski definition) is 6. The molecule has 2 N–H and O–H groups in total. The second-order valence-electron chi connectivity index (χ2n) is 16.0. The molecular weight excluding hydrogens is 819 g/mol. The highest BCUT2D eigenvalue weighted by Gasteiger charge is 2.44. The molecule has 326 valence electrons. The molecule has 8 rings (SSSR count). The number of fused-ring (bicyclic) bond motifs is 4. The van der Waals surface area contributed by atoms with Crippen molar-refractivity contribution in [3.05, 3.63) is 203 Å². The fourth-order valence-corrected chi connectivity index (χ4v) is 10.2. The maximum absolute atomic E-state index is 15.9. The van der Waals surface area contributed by atoms with Crippen molar-refractivity contribution in [1.82, 2.24) is 15.1 Å². The molecule has 64 heavy (non-hydrogen) atoms. The van der Waals surface area contributed by atoms with Crippen LogP contribution in [-0.2, 0) is 31.1 Å². The van der Waals surface area contributed by atoms with Crippen LogP contribution in [0.5, 0.6) is 0 Å². The highest BCUT2D eigenvalue weighted by Crippen LogP contribution is 2.45. The van der Waals surface area contributed by atoms with Crippen molar-refractivity contribution in [2.75, 3.05) is 19.8 Å². The van der Waals surface area contributed by atoms with Crippen molar-refractivity contribution in [3.63, 3.8) is 0 Å². The van der Waals surface area contributed by atoms with Gasteiger partial charge in [0.25, 0.3) is 0 Å². The highest BCUT2D eigenvalue weighted by atomic mass is 32.1. The number of nitrogens with one attached hydrogen (secondary N) is 1. The Balaban J connectivity index is 1.26. The first-order valence-corrected chi connectivity index (χ1v) is 22.8. The zero-order valence-corrected chi connectivity index (χ0v) is 37.1. The van der Waals surface area contributed by atoms with Crippen molar-refractivity contribution < 1.29 is 29.0 Å². The van der Waals surface area contributed by atoms with Crippen LogP contribution in [0.25, 0.3) is 21.2 Å². The van der Waals surface area contributed by atoms with Crippen molar-refractivity contribution in [1.29, 1.82) is 0 Å². The van der Waals surface area contributed by atoms with Gasteiger partial charge in [0, 0.05) is 36.9 Å². The van der Waals surface area contributed by atoms with Crippen LogP contribution in [-0.4, -0.2) is 70.9 Å². The summed E-state index contributed by atoms with van der Waals surface area (Å²) in [6.07, 6.45) is -2.61. The van der Waals surface area contributed by atoms with E-state index < -0.39 is 54.2 Å². The summed E-state index contributed by atoms with van der Waals surface area (Å²) in [5, 5.41) is 17.8. The van der Waals surface area contributed by atoms with E-state index in [1.54, 1.807) is 16.2 Å². The van der Waals surface area contributed by atoms with Gasteiger partial charge < -0.3 is 24.8 Å². The van der Waals surface area contributed by atoms with E-state index in [0.29, 0.717) is 13.2 Å². The maximum Gasteiger partial charge on any atom is 0.408 e. The minimum absolute atomic E-state index is 0.0712. The minimum Gasteiger partial charge on any atom is -0.465 e. The van der Waals surface area contributed by atoms with E-state index in [2.05, 4.69) is 5.32 Å². The number of benzene rings is 6. The molecule has 2 atom stereocenters. The van der Waals surface area contributed by atoms with Crippen LogP contribution < -0.4 is 5.32 Å². The summed E-state index contributed by atoms with van der Waals surface area (Å²) in [6, 6.07) is 51.0.